The first kappa shape index (κ1) is 24.0. The van der Waals surface area contributed by atoms with Crippen molar-refractivity contribution in [3.63, 3.8) is 0 Å². The second-order valence-electron chi connectivity index (χ2n) is 6.14. The van der Waals surface area contributed by atoms with Crippen LogP contribution in [0, 0.1) is 0 Å². The summed E-state index contributed by atoms with van der Waals surface area (Å²) in [5.41, 5.74) is 0.982. The largest absolute Gasteiger partial charge is 0.467 e. The SMILES string of the molecule is CCNC(=NCC(=O)NCc1ccco1)NCc1cc(C(CC)CC)no1.I. The predicted molar refractivity (Wildman–Crippen MR) is 119 cm³/mol. The second-order valence-corrected chi connectivity index (χ2v) is 6.14. The fourth-order valence-corrected chi connectivity index (χ4v) is 2.63. The van der Waals surface area contributed by atoms with Crippen LogP contribution < -0.4 is 16.0 Å². The smallest absolute Gasteiger partial charge is 0.242 e. The van der Waals surface area contributed by atoms with Gasteiger partial charge in [-0.05, 0) is 31.9 Å². The summed E-state index contributed by atoms with van der Waals surface area (Å²) in [6, 6.07) is 5.57. The maximum atomic E-state index is 11.9. The lowest BCUT2D eigenvalue weighted by Crippen LogP contribution is -2.38. The van der Waals surface area contributed by atoms with Gasteiger partial charge in [-0.25, -0.2) is 4.99 Å². The van der Waals surface area contributed by atoms with Crippen LogP contribution in [-0.4, -0.2) is 30.1 Å². The van der Waals surface area contributed by atoms with E-state index in [0.717, 1.165) is 24.3 Å². The normalized spacial score (nSPS) is 11.2. The number of nitrogens with one attached hydrogen (secondary N) is 3. The van der Waals surface area contributed by atoms with Gasteiger partial charge in [-0.2, -0.15) is 0 Å². The van der Waals surface area contributed by atoms with Gasteiger partial charge in [0.1, 0.15) is 12.3 Å². The van der Waals surface area contributed by atoms with E-state index in [0.29, 0.717) is 37.3 Å². The van der Waals surface area contributed by atoms with Crippen molar-refractivity contribution in [3.05, 3.63) is 41.7 Å². The highest BCUT2D eigenvalue weighted by Crippen LogP contribution is 2.22. The molecule has 2 aromatic rings. The molecule has 0 saturated heterocycles. The van der Waals surface area contributed by atoms with E-state index in [4.69, 9.17) is 8.94 Å². The zero-order valence-corrected chi connectivity index (χ0v) is 19.0. The minimum atomic E-state index is -0.181. The van der Waals surface area contributed by atoms with Crippen LogP contribution in [0.4, 0.5) is 0 Å². The molecule has 8 nitrogen and oxygen atoms in total. The summed E-state index contributed by atoms with van der Waals surface area (Å²) in [5, 5.41) is 13.2. The molecular weight excluding hydrogens is 473 g/mol. The van der Waals surface area contributed by atoms with Crippen molar-refractivity contribution >= 4 is 35.8 Å². The molecule has 156 valence electrons. The Kier molecular flexibility index (Phi) is 11.3. The third-order valence-electron chi connectivity index (χ3n) is 4.18. The summed E-state index contributed by atoms with van der Waals surface area (Å²) in [6.45, 7) is 7.77. The number of nitrogens with zero attached hydrogens (tertiary/aromatic N) is 2. The van der Waals surface area contributed by atoms with Crippen molar-refractivity contribution in [1.29, 1.82) is 0 Å². The third kappa shape index (κ3) is 7.91. The van der Waals surface area contributed by atoms with Gasteiger partial charge in [-0.15, -0.1) is 24.0 Å². The summed E-state index contributed by atoms with van der Waals surface area (Å²) >= 11 is 0. The van der Waals surface area contributed by atoms with Gasteiger partial charge in [0.15, 0.2) is 11.7 Å². The van der Waals surface area contributed by atoms with Crippen LogP contribution in [-0.2, 0) is 17.9 Å². The average molecular weight is 503 g/mol. The van der Waals surface area contributed by atoms with E-state index in [2.05, 4.69) is 39.9 Å². The fourth-order valence-electron chi connectivity index (χ4n) is 2.63. The summed E-state index contributed by atoms with van der Waals surface area (Å²) < 4.78 is 10.6. The van der Waals surface area contributed by atoms with E-state index in [-0.39, 0.29) is 36.4 Å². The Bertz CT molecular complexity index is 711. The van der Waals surface area contributed by atoms with Gasteiger partial charge in [-0.3, -0.25) is 4.79 Å². The number of carbonyl (C=O) groups excluding carboxylic acids is 1. The molecule has 28 heavy (non-hydrogen) atoms. The molecule has 0 unspecified atom stereocenters. The number of hydrogen-bond acceptors (Lipinski definition) is 5. The molecule has 0 aliphatic rings. The number of aromatic nitrogens is 1. The number of furan rings is 1. The van der Waals surface area contributed by atoms with E-state index in [9.17, 15) is 4.79 Å². The Hall–Kier alpha value is -2.04. The van der Waals surface area contributed by atoms with Gasteiger partial charge in [0.05, 0.1) is 25.0 Å². The highest BCUT2D eigenvalue weighted by Gasteiger charge is 2.13. The van der Waals surface area contributed by atoms with E-state index in [1.165, 1.54) is 0 Å². The van der Waals surface area contributed by atoms with Gasteiger partial charge in [0.25, 0.3) is 0 Å². The molecule has 0 aliphatic carbocycles. The van der Waals surface area contributed by atoms with Crippen molar-refractivity contribution in [2.75, 3.05) is 13.1 Å². The second kappa shape index (κ2) is 13.2. The number of rotatable bonds is 10. The Labute approximate surface area is 182 Å². The molecule has 0 atom stereocenters. The first-order chi connectivity index (χ1) is 13.2. The van der Waals surface area contributed by atoms with Crippen molar-refractivity contribution < 1.29 is 13.7 Å². The first-order valence-corrected chi connectivity index (χ1v) is 9.42. The zero-order valence-electron chi connectivity index (χ0n) is 16.7. The fraction of sp³-hybridized carbons (Fsp3) is 0.526. The lowest BCUT2D eigenvalue weighted by atomic mass is 9.99. The molecule has 1 amide bonds. The van der Waals surface area contributed by atoms with Crippen LogP contribution in [0.2, 0.25) is 0 Å². The van der Waals surface area contributed by atoms with Crippen LogP contribution in [0.5, 0.6) is 0 Å². The van der Waals surface area contributed by atoms with E-state index in [1.807, 2.05) is 19.1 Å². The average Bonchev–Trinajstić information content (AvgIpc) is 3.35. The number of guanidine groups is 1. The first-order valence-electron chi connectivity index (χ1n) is 9.42. The summed E-state index contributed by atoms with van der Waals surface area (Å²) in [6.07, 6.45) is 3.64. The number of hydrogen-bond donors (Lipinski definition) is 3. The topological polar surface area (TPSA) is 105 Å². The van der Waals surface area contributed by atoms with Crippen molar-refractivity contribution in [2.24, 2.45) is 4.99 Å². The minimum absolute atomic E-state index is 0. The molecule has 0 aliphatic heterocycles. The number of amides is 1. The maximum Gasteiger partial charge on any atom is 0.242 e. The highest BCUT2D eigenvalue weighted by atomic mass is 127. The van der Waals surface area contributed by atoms with Crippen LogP contribution in [0.25, 0.3) is 0 Å². The van der Waals surface area contributed by atoms with E-state index in [1.54, 1.807) is 12.3 Å². The number of aliphatic imine (C=N–C) groups is 1. The number of carbonyl (C=O) groups is 1. The molecule has 0 saturated carbocycles. The molecule has 0 fully saturated rings. The Morgan fingerprint density at radius 3 is 2.54 bits per heavy atom. The van der Waals surface area contributed by atoms with Gasteiger partial charge in [0.2, 0.25) is 5.91 Å². The van der Waals surface area contributed by atoms with Crippen LogP contribution in [0.15, 0.2) is 38.4 Å². The van der Waals surface area contributed by atoms with Gasteiger partial charge in [-0.1, -0.05) is 19.0 Å². The molecule has 3 N–H and O–H groups in total. The Morgan fingerprint density at radius 1 is 1.14 bits per heavy atom. The van der Waals surface area contributed by atoms with Gasteiger partial charge >= 0.3 is 0 Å². The van der Waals surface area contributed by atoms with Gasteiger partial charge in [0, 0.05) is 18.5 Å². The minimum Gasteiger partial charge on any atom is -0.467 e. The summed E-state index contributed by atoms with van der Waals surface area (Å²) in [5.74, 6) is 2.23. The van der Waals surface area contributed by atoms with Crippen LogP contribution in [0.3, 0.4) is 0 Å². The molecule has 0 spiro atoms. The molecule has 9 heteroatoms. The lowest BCUT2D eigenvalue weighted by molar-refractivity contribution is -0.119. The standard InChI is InChI=1S/C19H29N5O3.HI/c1-4-14(5-2)17-10-16(27-24-17)12-22-19(20-6-3)23-13-18(25)21-11-15-8-7-9-26-15;/h7-10,14H,4-6,11-13H2,1-3H3,(H,21,25)(H2,20,22,23);1H. The van der Waals surface area contributed by atoms with Crippen molar-refractivity contribution in [1.82, 2.24) is 21.1 Å². The summed E-state index contributed by atoms with van der Waals surface area (Å²) in [4.78, 5) is 16.2. The molecule has 0 radical (unpaired) electrons. The van der Waals surface area contributed by atoms with Crippen LogP contribution >= 0.6 is 24.0 Å². The van der Waals surface area contributed by atoms with E-state index < -0.39 is 0 Å². The monoisotopic (exact) mass is 503 g/mol. The van der Waals surface area contributed by atoms with Crippen molar-refractivity contribution in [3.8, 4) is 0 Å². The molecule has 0 aromatic carbocycles. The number of halogens is 1. The van der Waals surface area contributed by atoms with Crippen LogP contribution in [0.1, 0.15) is 56.7 Å². The Balaban J connectivity index is 0.00000392. The lowest BCUT2D eigenvalue weighted by Gasteiger charge is -2.10. The zero-order chi connectivity index (χ0) is 19.5. The quantitative estimate of drug-likeness (QED) is 0.262. The van der Waals surface area contributed by atoms with Gasteiger partial charge < -0.3 is 24.9 Å². The highest BCUT2D eigenvalue weighted by molar-refractivity contribution is 14.0. The summed E-state index contributed by atoms with van der Waals surface area (Å²) in [7, 11) is 0. The maximum absolute atomic E-state index is 11.9. The molecule has 2 aromatic heterocycles. The van der Waals surface area contributed by atoms with Crippen molar-refractivity contribution in [2.45, 2.75) is 52.6 Å². The third-order valence-corrected chi connectivity index (χ3v) is 4.18. The Morgan fingerprint density at radius 2 is 1.89 bits per heavy atom. The molecule has 2 heterocycles. The molecular formula is C19H30IN5O3. The van der Waals surface area contributed by atoms with E-state index >= 15 is 0 Å². The molecule has 0 bridgehead atoms. The molecule has 2 rings (SSSR count). The predicted octanol–water partition coefficient (Wildman–Crippen LogP) is 3.16.